The van der Waals surface area contributed by atoms with Crippen molar-refractivity contribution in [3.8, 4) is 11.5 Å². The zero-order chi connectivity index (χ0) is 21.4. The Labute approximate surface area is 202 Å². The fraction of sp³-hybridized carbons (Fsp3) is 0.118. The Hall–Kier alpha value is -1.40. The molecule has 0 aromatic heterocycles. The zero-order valence-electron chi connectivity index (χ0n) is 14.4. The maximum atomic E-state index is 11.9. The molecule has 154 valence electrons. The van der Waals surface area contributed by atoms with Crippen LogP contribution in [0.4, 0.5) is 0 Å². The summed E-state index contributed by atoms with van der Waals surface area (Å²) in [6.07, 6.45) is 0. The molecule has 29 heavy (non-hydrogen) atoms. The summed E-state index contributed by atoms with van der Waals surface area (Å²) in [5.74, 6) is -0.156. The number of thiocarbonyl (C=S) groups is 1. The Morgan fingerprint density at radius 2 is 1.48 bits per heavy atom. The monoisotopic (exact) mass is 627 g/mol. The maximum absolute atomic E-state index is 11.9. The molecule has 0 saturated heterocycles. The van der Waals surface area contributed by atoms with Gasteiger partial charge in [0.2, 0.25) is 0 Å². The molecule has 0 spiro atoms. The fourth-order valence-electron chi connectivity index (χ4n) is 1.83. The Kier molecular flexibility index (Phi) is 9.63. The highest BCUT2D eigenvalue weighted by Crippen LogP contribution is 2.28. The molecule has 3 N–H and O–H groups in total. The van der Waals surface area contributed by atoms with Crippen LogP contribution in [0.5, 0.6) is 11.5 Å². The fourth-order valence-corrected chi connectivity index (χ4v) is 3.88. The lowest BCUT2D eigenvalue weighted by molar-refractivity contribution is -0.124. The lowest BCUT2D eigenvalue weighted by Crippen LogP contribution is -2.50. The van der Waals surface area contributed by atoms with Gasteiger partial charge in [-0.1, -0.05) is 43.5 Å². The summed E-state index contributed by atoms with van der Waals surface area (Å²) in [7, 11) is 0. The van der Waals surface area contributed by atoms with Gasteiger partial charge in [0.1, 0.15) is 11.5 Å². The van der Waals surface area contributed by atoms with Gasteiger partial charge in [0.05, 0.1) is 9.50 Å². The van der Waals surface area contributed by atoms with Gasteiger partial charge in [-0.15, -0.1) is 0 Å². The van der Waals surface area contributed by atoms with Crippen molar-refractivity contribution >= 4 is 88.5 Å². The van der Waals surface area contributed by atoms with Crippen molar-refractivity contribution in [2.45, 2.75) is 0 Å². The first-order chi connectivity index (χ1) is 13.7. The van der Waals surface area contributed by atoms with Crippen LogP contribution in [0.15, 0.2) is 49.8 Å². The van der Waals surface area contributed by atoms with Crippen LogP contribution >= 0.6 is 71.6 Å². The minimum atomic E-state index is -0.518. The molecule has 2 aromatic rings. The molecule has 0 bridgehead atoms. The lowest BCUT2D eigenvalue weighted by Gasteiger charge is -2.12. The van der Waals surface area contributed by atoms with Gasteiger partial charge in [0.15, 0.2) is 18.3 Å². The van der Waals surface area contributed by atoms with Crippen molar-refractivity contribution in [3.63, 3.8) is 0 Å². The van der Waals surface area contributed by atoms with Gasteiger partial charge in [0, 0.05) is 8.95 Å². The van der Waals surface area contributed by atoms with E-state index in [0.717, 1.165) is 8.95 Å². The number of nitrogens with one attached hydrogen (secondary N) is 3. The summed E-state index contributed by atoms with van der Waals surface area (Å²) < 4.78 is 13.1. The third kappa shape index (κ3) is 8.47. The minimum absolute atomic E-state index is 0.0940. The van der Waals surface area contributed by atoms with E-state index in [9.17, 15) is 9.59 Å². The summed E-state index contributed by atoms with van der Waals surface area (Å²) in [5, 5.41) is 2.64. The van der Waals surface area contributed by atoms with E-state index in [1.807, 2.05) is 0 Å². The highest BCUT2D eigenvalue weighted by Gasteiger charge is 2.10. The van der Waals surface area contributed by atoms with Crippen LogP contribution in [-0.2, 0) is 9.59 Å². The average Bonchev–Trinajstić information content (AvgIpc) is 2.65. The Bertz CT molecular complexity index is 933. The minimum Gasteiger partial charge on any atom is -0.483 e. The van der Waals surface area contributed by atoms with Gasteiger partial charge in [-0.05, 0) is 64.5 Å². The number of hydrogen-bond donors (Lipinski definition) is 3. The zero-order valence-corrected chi connectivity index (χ0v) is 20.8. The maximum Gasteiger partial charge on any atom is 0.276 e. The van der Waals surface area contributed by atoms with E-state index in [1.54, 1.807) is 36.4 Å². The van der Waals surface area contributed by atoms with E-state index in [-0.39, 0.29) is 18.3 Å². The summed E-state index contributed by atoms with van der Waals surface area (Å²) >= 11 is 20.9. The number of ether oxygens (including phenoxy) is 2. The predicted molar refractivity (Wildman–Crippen MR) is 124 cm³/mol. The van der Waals surface area contributed by atoms with Crippen molar-refractivity contribution in [1.82, 2.24) is 16.2 Å². The summed E-state index contributed by atoms with van der Waals surface area (Å²) in [5.41, 5.74) is 4.70. The molecule has 7 nitrogen and oxygen atoms in total. The van der Waals surface area contributed by atoms with E-state index in [0.29, 0.717) is 21.0 Å². The number of rotatable bonds is 6. The number of hydrazine groups is 1. The van der Waals surface area contributed by atoms with Crippen molar-refractivity contribution in [3.05, 3.63) is 54.8 Å². The normalized spacial score (nSPS) is 10.1. The highest BCUT2D eigenvalue weighted by atomic mass is 79.9. The van der Waals surface area contributed by atoms with E-state index in [2.05, 4.69) is 64.0 Å². The quantitative estimate of drug-likeness (QED) is 0.329. The predicted octanol–water partition coefficient (Wildman–Crippen LogP) is 4.11. The van der Waals surface area contributed by atoms with Gasteiger partial charge in [-0.2, -0.15) is 0 Å². The molecule has 0 saturated carbocycles. The summed E-state index contributed by atoms with van der Waals surface area (Å²) in [6, 6.07) is 10.3. The molecule has 2 rings (SSSR count). The van der Waals surface area contributed by atoms with Crippen molar-refractivity contribution in [2.24, 2.45) is 0 Å². The molecule has 0 unspecified atom stereocenters. The third-order valence-electron chi connectivity index (χ3n) is 3.07. The van der Waals surface area contributed by atoms with Crippen LogP contribution in [0, 0.1) is 0 Å². The van der Waals surface area contributed by atoms with E-state index >= 15 is 0 Å². The van der Waals surface area contributed by atoms with Crippen molar-refractivity contribution in [2.75, 3.05) is 13.2 Å². The van der Waals surface area contributed by atoms with Crippen LogP contribution in [0.25, 0.3) is 0 Å². The lowest BCUT2D eigenvalue weighted by atomic mass is 10.3. The SMILES string of the molecule is O=C(COc1ccc(Br)cc1Cl)NNC(=S)NC(=O)COc1ccc(Br)cc1Br. The summed E-state index contributed by atoms with van der Waals surface area (Å²) in [4.78, 5) is 23.7. The molecular weight excluding hydrogens is 617 g/mol. The van der Waals surface area contributed by atoms with E-state index in [4.69, 9.17) is 33.3 Å². The van der Waals surface area contributed by atoms with Crippen LogP contribution < -0.4 is 25.6 Å². The molecule has 0 radical (unpaired) electrons. The van der Waals surface area contributed by atoms with Gasteiger partial charge in [-0.3, -0.25) is 25.8 Å². The third-order valence-corrected chi connectivity index (χ3v) is 5.18. The van der Waals surface area contributed by atoms with Gasteiger partial charge in [-0.25, -0.2) is 0 Å². The van der Waals surface area contributed by atoms with Crippen LogP contribution in [-0.4, -0.2) is 30.1 Å². The first kappa shape index (κ1) is 23.9. The highest BCUT2D eigenvalue weighted by molar-refractivity contribution is 9.11. The number of carbonyl (C=O) groups excluding carboxylic acids is 2. The Morgan fingerprint density at radius 3 is 2.14 bits per heavy atom. The number of hydrogen-bond acceptors (Lipinski definition) is 5. The van der Waals surface area contributed by atoms with Gasteiger partial charge >= 0.3 is 0 Å². The number of halogens is 4. The van der Waals surface area contributed by atoms with E-state index in [1.165, 1.54) is 0 Å². The molecule has 2 amide bonds. The molecule has 0 atom stereocenters. The second-order valence-electron chi connectivity index (χ2n) is 5.28. The van der Waals surface area contributed by atoms with Crippen LogP contribution in [0.1, 0.15) is 0 Å². The number of benzene rings is 2. The smallest absolute Gasteiger partial charge is 0.276 e. The first-order valence-electron chi connectivity index (χ1n) is 7.79. The van der Waals surface area contributed by atoms with Crippen LogP contribution in [0.2, 0.25) is 5.02 Å². The standard InChI is InChI=1S/C17H13Br3ClN3O4S/c18-9-1-3-13(11(20)5-9)27-7-15(25)22-17(29)24-23-16(26)8-28-14-4-2-10(19)6-12(14)21/h1-6H,7-8H2,(H,23,26)(H2,22,24,25,29). The second kappa shape index (κ2) is 11.7. The molecule has 0 aliphatic rings. The van der Waals surface area contributed by atoms with Crippen LogP contribution in [0.3, 0.4) is 0 Å². The largest absolute Gasteiger partial charge is 0.483 e. The molecule has 0 fully saturated rings. The van der Waals surface area contributed by atoms with Crippen molar-refractivity contribution in [1.29, 1.82) is 0 Å². The molecule has 0 heterocycles. The average molecular weight is 631 g/mol. The van der Waals surface area contributed by atoms with Gasteiger partial charge < -0.3 is 9.47 Å². The van der Waals surface area contributed by atoms with Crippen molar-refractivity contribution < 1.29 is 19.1 Å². The Balaban J connectivity index is 1.68. The molecule has 0 aliphatic carbocycles. The topological polar surface area (TPSA) is 88.7 Å². The first-order valence-corrected chi connectivity index (χ1v) is 11.0. The van der Waals surface area contributed by atoms with Gasteiger partial charge in [0.25, 0.3) is 11.8 Å². The molecular formula is C17H13Br3ClN3O4S. The second-order valence-corrected chi connectivity index (χ2v) is 8.78. The molecule has 2 aromatic carbocycles. The summed E-state index contributed by atoms with van der Waals surface area (Å²) in [6.45, 7) is -0.563. The number of carbonyl (C=O) groups is 2. The van der Waals surface area contributed by atoms with E-state index < -0.39 is 11.8 Å². The Morgan fingerprint density at radius 1 is 0.897 bits per heavy atom. The molecule has 12 heteroatoms. The number of amides is 2. The molecule has 0 aliphatic heterocycles.